The summed E-state index contributed by atoms with van der Waals surface area (Å²) >= 11 is 0. The van der Waals surface area contributed by atoms with Gasteiger partial charge in [-0.3, -0.25) is 9.78 Å². The fraction of sp³-hybridized carbons (Fsp3) is 0.412. The maximum Gasteiger partial charge on any atom is 0.256 e. The van der Waals surface area contributed by atoms with Gasteiger partial charge in [0, 0.05) is 51.2 Å². The van der Waals surface area contributed by atoms with E-state index in [0.717, 1.165) is 32.1 Å². The van der Waals surface area contributed by atoms with Gasteiger partial charge in [0.2, 0.25) is 11.9 Å². The quantitative estimate of drug-likeness (QED) is 0.776. The maximum atomic E-state index is 12.4. The molecule has 25 heavy (non-hydrogen) atoms. The lowest BCUT2D eigenvalue weighted by molar-refractivity contribution is 0.180. The second-order valence-electron chi connectivity index (χ2n) is 5.76. The van der Waals surface area contributed by atoms with Crippen molar-refractivity contribution in [3.8, 4) is 0 Å². The molecule has 1 N–H and O–H groups in total. The Hall–Kier alpha value is -2.74. The van der Waals surface area contributed by atoms with Gasteiger partial charge in [-0.05, 0) is 12.5 Å². The molecule has 0 saturated carbocycles. The van der Waals surface area contributed by atoms with Crippen LogP contribution in [0, 0.1) is 0 Å². The average Bonchev–Trinajstić information content (AvgIpc) is 2.65. The van der Waals surface area contributed by atoms with Crippen LogP contribution in [0.15, 0.2) is 35.9 Å². The highest BCUT2D eigenvalue weighted by molar-refractivity contribution is 5.38. The van der Waals surface area contributed by atoms with E-state index >= 15 is 0 Å². The van der Waals surface area contributed by atoms with Crippen molar-refractivity contribution in [2.24, 2.45) is 0 Å². The Morgan fingerprint density at radius 2 is 1.92 bits per heavy atom. The molecule has 0 radical (unpaired) electrons. The minimum atomic E-state index is -0.134. The number of ether oxygens (including phenoxy) is 1. The Labute approximate surface area is 146 Å². The number of hydrogen-bond acceptors (Lipinski definition) is 7. The molecular formula is C17H22N6O2. The zero-order chi connectivity index (χ0) is 17.6. The Bertz CT molecular complexity index is 768. The first-order valence-corrected chi connectivity index (χ1v) is 8.21. The number of H-pyrrole nitrogens is 1. The Morgan fingerprint density at radius 1 is 1.24 bits per heavy atom. The number of nitrogens with one attached hydrogen (secondary N) is 1. The minimum absolute atomic E-state index is 0.134. The van der Waals surface area contributed by atoms with Gasteiger partial charge in [-0.2, -0.15) is 0 Å². The molecule has 2 aromatic heterocycles. The molecule has 0 amide bonds. The predicted octanol–water partition coefficient (Wildman–Crippen LogP) is 0.761. The molecule has 0 spiro atoms. The molecule has 0 atom stereocenters. The van der Waals surface area contributed by atoms with Gasteiger partial charge < -0.3 is 14.5 Å². The van der Waals surface area contributed by atoms with Crippen LogP contribution in [0.25, 0.3) is 0 Å². The van der Waals surface area contributed by atoms with E-state index in [0.29, 0.717) is 30.2 Å². The highest BCUT2D eigenvalue weighted by Gasteiger charge is 2.21. The van der Waals surface area contributed by atoms with Gasteiger partial charge in [0.1, 0.15) is 0 Å². The summed E-state index contributed by atoms with van der Waals surface area (Å²) in [6.45, 7) is 6.99. The van der Waals surface area contributed by atoms with E-state index in [1.165, 1.54) is 0 Å². The first kappa shape index (κ1) is 17.1. The first-order chi connectivity index (χ1) is 12.2. The van der Waals surface area contributed by atoms with Crippen LogP contribution in [0.1, 0.15) is 11.3 Å². The summed E-state index contributed by atoms with van der Waals surface area (Å²) in [4.78, 5) is 32.7. The summed E-state index contributed by atoms with van der Waals surface area (Å²) < 4.78 is 5.19. The van der Waals surface area contributed by atoms with E-state index in [2.05, 4.69) is 36.3 Å². The largest absolute Gasteiger partial charge is 0.378 e. The van der Waals surface area contributed by atoms with Crippen LogP contribution in [0.2, 0.25) is 0 Å². The number of methoxy groups -OCH3 is 1. The van der Waals surface area contributed by atoms with Crippen molar-refractivity contribution in [2.45, 2.75) is 13.0 Å². The molecule has 0 bridgehead atoms. The smallest absolute Gasteiger partial charge is 0.256 e. The molecule has 2 aromatic rings. The molecule has 1 aliphatic rings. The second-order valence-corrected chi connectivity index (χ2v) is 5.76. The number of hydrogen-bond donors (Lipinski definition) is 1. The van der Waals surface area contributed by atoms with Crippen molar-refractivity contribution in [1.29, 1.82) is 0 Å². The fourth-order valence-electron chi connectivity index (χ4n) is 2.86. The van der Waals surface area contributed by atoms with E-state index in [-0.39, 0.29) is 5.56 Å². The molecule has 132 valence electrons. The second kappa shape index (κ2) is 7.89. The van der Waals surface area contributed by atoms with Crippen molar-refractivity contribution in [1.82, 2.24) is 19.9 Å². The number of allylic oxidation sites excluding steroid dienone is 1. The van der Waals surface area contributed by atoms with Gasteiger partial charge in [-0.15, -0.1) is 6.58 Å². The van der Waals surface area contributed by atoms with Crippen LogP contribution in [-0.2, 0) is 17.8 Å². The predicted molar refractivity (Wildman–Crippen MR) is 95.9 cm³/mol. The molecule has 3 rings (SSSR count). The van der Waals surface area contributed by atoms with Crippen molar-refractivity contribution >= 4 is 11.9 Å². The zero-order valence-corrected chi connectivity index (χ0v) is 14.3. The standard InChI is InChI=1S/C17H22N6O2/c1-3-5-13-14(12-25-2)20-17(21-15(13)24)23-10-8-22(9-11-23)16-18-6-4-7-19-16/h3-4,6-7H,1,5,8-12H2,2H3,(H,20,21,24). The molecule has 0 unspecified atom stereocenters. The van der Waals surface area contributed by atoms with E-state index < -0.39 is 0 Å². The van der Waals surface area contributed by atoms with Crippen LogP contribution in [-0.4, -0.2) is 53.2 Å². The molecule has 1 saturated heterocycles. The van der Waals surface area contributed by atoms with Crippen LogP contribution in [0.5, 0.6) is 0 Å². The van der Waals surface area contributed by atoms with Crippen molar-refractivity contribution in [3.05, 3.63) is 52.7 Å². The number of aromatic nitrogens is 4. The molecule has 8 heteroatoms. The summed E-state index contributed by atoms with van der Waals surface area (Å²) in [5, 5.41) is 0. The number of rotatable bonds is 6. The van der Waals surface area contributed by atoms with Gasteiger partial charge in [0.15, 0.2) is 0 Å². The lowest BCUT2D eigenvalue weighted by Gasteiger charge is -2.35. The van der Waals surface area contributed by atoms with Crippen LogP contribution >= 0.6 is 0 Å². The van der Waals surface area contributed by atoms with E-state index in [4.69, 9.17) is 4.74 Å². The van der Waals surface area contributed by atoms with E-state index in [1.807, 2.05) is 0 Å². The molecule has 1 aliphatic heterocycles. The summed E-state index contributed by atoms with van der Waals surface area (Å²) in [7, 11) is 1.60. The number of nitrogens with zero attached hydrogens (tertiary/aromatic N) is 5. The SMILES string of the molecule is C=CCc1c(COC)nc(N2CCN(c3ncccn3)CC2)[nH]c1=O. The summed E-state index contributed by atoms with van der Waals surface area (Å²) in [6, 6.07) is 1.80. The summed E-state index contributed by atoms with van der Waals surface area (Å²) in [5.74, 6) is 1.31. The number of aromatic amines is 1. The van der Waals surface area contributed by atoms with Crippen molar-refractivity contribution in [3.63, 3.8) is 0 Å². The van der Waals surface area contributed by atoms with Gasteiger partial charge in [0.05, 0.1) is 12.3 Å². The van der Waals surface area contributed by atoms with Gasteiger partial charge in [0.25, 0.3) is 5.56 Å². The van der Waals surface area contributed by atoms with E-state index in [1.54, 1.807) is 31.6 Å². The fourth-order valence-corrected chi connectivity index (χ4v) is 2.86. The van der Waals surface area contributed by atoms with Crippen molar-refractivity contribution < 1.29 is 4.74 Å². The average molecular weight is 342 g/mol. The molecule has 8 nitrogen and oxygen atoms in total. The van der Waals surface area contributed by atoms with Gasteiger partial charge in [-0.25, -0.2) is 15.0 Å². The van der Waals surface area contributed by atoms with Crippen LogP contribution < -0.4 is 15.4 Å². The van der Waals surface area contributed by atoms with Crippen molar-refractivity contribution in [2.75, 3.05) is 43.1 Å². The van der Waals surface area contributed by atoms with E-state index in [9.17, 15) is 4.79 Å². The Morgan fingerprint density at radius 3 is 2.56 bits per heavy atom. The monoisotopic (exact) mass is 342 g/mol. The number of anilines is 2. The highest BCUT2D eigenvalue weighted by atomic mass is 16.5. The Balaban J connectivity index is 1.77. The normalized spacial score (nSPS) is 14.6. The highest BCUT2D eigenvalue weighted by Crippen LogP contribution is 2.15. The first-order valence-electron chi connectivity index (χ1n) is 8.21. The molecule has 0 aromatic carbocycles. The van der Waals surface area contributed by atoms with Gasteiger partial charge in [-0.1, -0.05) is 6.08 Å². The van der Waals surface area contributed by atoms with Gasteiger partial charge >= 0.3 is 0 Å². The third-order valence-corrected chi connectivity index (χ3v) is 4.13. The minimum Gasteiger partial charge on any atom is -0.378 e. The Kier molecular flexibility index (Phi) is 5.39. The molecule has 1 fully saturated rings. The maximum absolute atomic E-state index is 12.4. The third kappa shape index (κ3) is 3.85. The molecular weight excluding hydrogens is 320 g/mol. The summed E-state index contributed by atoms with van der Waals surface area (Å²) in [6.07, 6.45) is 5.65. The van der Waals surface area contributed by atoms with Crippen LogP contribution in [0.3, 0.4) is 0 Å². The molecule has 3 heterocycles. The lowest BCUT2D eigenvalue weighted by Crippen LogP contribution is -2.48. The molecule has 0 aliphatic carbocycles. The van der Waals surface area contributed by atoms with Crippen LogP contribution in [0.4, 0.5) is 11.9 Å². The third-order valence-electron chi connectivity index (χ3n) is 4.13. The summed E-state index contributed by atoms with van der Waals surface area (Å²) in [5.41, 5.74) is 1.14. The lowest BCUT2D eigenvalue weighted by atomic mass is 10.1. The zero-order valence-electron chi connectivity index (χ0n) is 14.3. The topological polar surface area (TPSA) is 87.2 Å². The number of piperazine rings is 1.